The Kier molecular flexibility index (Phi) is 5.88. The van der Waals surface area contributed by atoms with Gasteiger partial charge in [-0.05, 0) is 26.0 Å². The maximum Gasteiger partial charge on any atom is 0.259 e. The third-order valence-electron chi connectivity index (χ3n) is 3.72. The number of hydrogen-bond donors (Lipinski definition) is 2. The molecule has 0 atom stereocenters. The Morgan fingerprint density at radius 1 is 1.07 bits per heavy atom. The van der Waals surface area contributed by atoms with Gasteiger partial charge in [-0.3, -0.25) is 19.9 Å². The van der Waals surface area contributed by atoms with Crippen molar-refractivity contribution in [1.29, 1.82) is 0 Å². The van der Waals surface area contributed by atoms with E-state index >= 15 is 0 Å². The maximum atomic E-state index is 12.6. The Balaban J connectivity index is 1.75. The fourth-order valence-corrected chi connectivity index (χ4v) is 4.31. The predicted octanol–water partition coefficient (Wildman–Crippen LogP) is 3.65. The third-order valence-corrected chi connectivity index (χ3v) is 6.18. The molecule has 3 aromatic rings. The average Bonchev–Trinajstić information content (AvgIpc) is 2.99. The SMILES string of the molecule is Cc1nc(-c2ccccc2)ccc1C(=O)Nc1nc(C)c(SCC(N)=O)s1. The molecule has 138 valence electrons. The van der Waals surface area contributed by atoms with E-state index in [4.69, 9.17) is 5.73 Å². The number of primary amides is 1. The van der Waals surface area contributed by atoms with Gasteiger partial charge in [0.15, 0.2) is 5.13 Å². The van der Waals surface area contributed by atoms with Gasteiger partial charge in [0.05, 0.1) is 32.6 Å². The highest BCUT2D eigenvalue weighted by molar-refractivity contribution is 8.01. The second kappa shape index (κ2) is 8.32. The number of amides is 2. The normalized spacial score (nSPS) is 10.6. The lowest BCUT2D eigenvalue weighted by Gasteiger charge is -2.07. The van der Waals surface area contributed by atoms with E-state index in [-0.39, 0.29) is 11.7 Å². The van der Waals surface area contributed by atoms with Crippen molar-refractivity contribution >= 4 is 40.0 Å². The third kappa shape index (κ3) is 4.72. The lowest BCUT2D eigenvalue weighted by molar-refractivity contribution is -0.115. The molecule has 0 spiro atoms. The van der Waals surface area contributed by atoms with Gasteiger partial charge in [0.25, 0.3) is 5.91 Å². The van der Waals surface area contributed by atoms with Gasteiger partial charge < -0.3 is 5.73 Å². The lowest BCUT2D eigenvalue weighted by atomic mass is 10.1. The summed E-state index contributed by atoms with van der Waals surface area (Å²) in [5.74, 6) is -0.473. The van der Waals surface area contributed by atoms with Crippen LogP contribution in [0.25, 0.3) is 11.3 Å². The van der Waals surface area contributed by atoms with Gasteiger partial charge in [-0.25, -0.2) is 4.98 Å². The molecule has 1 aromatic carbocycles. The first-order valence-corrected chi connectivity index (χ1v) is 9.97. The molecule has 0 fully saturated rings. The second-order valence-electron chi connectivity index (χ2n) is 5.80. The molecule has 0 radical (unpaired) electrons. The van der Waals surface area contributed by atoms with Crippen LogP contribution < -0.4 is 11.1 Å². The van der Waals surface area contributed by atoms with Crippen LogP contribution in [0.3, 0.4) is 0 Å². The van der Waals surface area contributed by atoms with E-state index in [2.05, 4.69) is 15.3 Å². The van der Waals surface area contributed by atoms with Crippen LogP contribution in [0.5, 0.6) is 0 Å². The van der Waals surface area contributed by atoms with Gasteiger partial charge in [0.2, 0.25) is 5.91 Å². The van der Waals surface area contributed by atoms with Gasteiger partial charge in [-0.15, -0.1) is 11.8 Å². The molecule has 3 rings (SSSR count). The van der Waals surface area contributed by atoms with Crippen molar-refractivity contribution in [3.05, 3.63) is 59.4 Å². The average molecular weight is 399 g/mol. The molecule has 2 heterocycles. The minimum Gasteiger partial charge on any atom is -0.369 e. The maximum absolute atomic E-state index is 12.6. The van der Waals surface area contributed by atoms with Crippen LogP contribution in [0.4, 0.5) is 5.13 Å². The summed E-state index contributed by atoms with van der Waals surface area (Å²) in [5, 5.41) is 3.29. The van der Waals surface area contributed by atoms with E-state index < -0.39 is 5.91 Å². The van der Waals surface area contributed by atoms with Gasteiger partial charge >= 0.3 is 0 Å². The molecule has 0 saturated carbocycles. The van der Waals surface area contributed by atoms with Gasteiger partial charge in [-0.2, -0.15) is 0 Å². The number of pyridine rings is 1. The number of anilines is 1. The number of nitrogens with two attached hydrogens (primary N) is 1. The number of carbonyl (C=O) groups excluding carboxylic acids is 2. The van der Waals surface area contributed by atoms with Crippen molar-refractivity contribution in [3.63, 3.8) is 0 Å². The number of hydrogen-bond acceptors (Lipinski definition) is 6. The molecule has 0 unspecified atom stereocenters. The monoisotopic (exact) mass is 398 g/mol. The van der Waals surface area contributed by atoms with E-state index in [1.54, 1.807) is 6.07 Å². The minimum absolute atomic E-state index is 0.181. The number of benzene rings is 1. The first kappa shape index (κ1) is 19.1. The number of thiazole rings is 1. The molecular weight excluding hydrogens is 380 g/mol. The fourth-order valence-electron chi connectivity index (χ4n) is 2.44. The van der Waals surface area contributed by atoms with Gasteiger partial charge in [-0.1, -0.05) is 41.7 Å². The Bertz CT molecular complexity index is 987. The van der Waals surface area contributed by atoms with Crippen molar-refractivity contribution in [2.75, 3.05) is 11.1 Å². The molecule has 0 saturated heterocycles. The Labute approximate surface area is 165 Å². The first-order valence-electron chi connectivity index (χ1n) is 8.17. The smallest absolute Gasteiger partial charge is 0.259 e. The quantitative estimate of drug-likeness (QED) is 0.618. The molecule has 0 aliphatic rings. The first-order chi connectivity index (χ1) is 12.9. The summed E-state index contributed by atoms with van der Waals surface area (Å²) >= 11 is 2.64. The lowest BCUT2D eigenvalue weighted by Crippen LogP contribution is -2.14. The number of carbonyl (C=O) groups is 2. The number of nitrogens with zero attached hydrogens (tertiary/aromatic N) is 2. The topological polar surface area (TPSA) is 98.0 Å². The van der Waals surface area contributed by atoms with E-state index in [9.17, 15) is 9.59 Å². The summed E-state index contributed by atoms with van der Waals surface area (Å²) in [7, 11) is 0. The molecular formula is C19H18N4O2S2. The number of nitrogens with one attached hydrogen (secondary N) is 1. The van der Waals surface area contributed by atoms with Crippen LogP contribution in [-0.4, -0.2) is 27.5 Å². The summed E-state index contributed by atoms with van der Waals surface area (Å²) in [6, 6.07) is 13.4. The van der Waals surface area contributed by atoms with Crippen LogP contribution in [0, 0.1) is 13.8 Å². The highest BCUT2D eigenvalue weighted by Gasteiger charge is 2.15. The summed E-state index contributed by atoms with van der Waals surface area (Å²) in [4.78, 5) is 32.4. The fraction of sp³-hybridized carbons (Fsp3) is 0.158. The summed E-state index contributed by atoms with van der Waals surface area (Å²) in [6.07, 6.45) is 0. The predicted molar refractivity (Wildman–Crippen MR) is 109 cm³/mol. The van der Waals surface area contributed by atoms with Crippen molar-refractivity contribution in [2.45, 2.75) is 18.1 Å². The van der Waals surface area contributed by atoms with Crippen LogP contribution in [0.15, 0.2) is 46.7 Å². The number of thioether (sulfide) groups is 1. The Morgan fingerprint density at radius 3 is 2.48 bits per heavy atom. The van der Waals surface area contributed by atoms with Crippen LogP contribution in [-0.2, 0) is 4.79 Å². The number of rotatable bonds is 6. The molecule has 0 bridgehead atoms. The van der Waals surface area contributed by atoms with Crippen molar-refractivity contribution < 1.29 is 9.59 Å². The number of aromatic nitrogens is 2. The van der Waals surface area contributed by atoms with Crippen LogP contribution in [0.2, 0.25) is 0 Å². The summed E-state index contributed by atoms with van der Waals surface area (Å²) < 4.78 is 0.860. The summed E-state index contributed by atoms with van der Waals surface area (Å²) in [5.41, 5.74) is 8.89. The molecule has 2 amide bonds. The highest BCUT2D eigenvalue weighted by atomic mass is 32.2. The number of aryl methyl sites for hydroxylation is 2. The van der Waals surface area contributed by atoms with E-state index in [1.807, 2.05) is 50.2 Å². The minimum atomic E-state index is -0.390. The molecule has 3 N–H and O–H groups in total. The molecule has 6 nitrogen and oxygen atoms in total. The zero-order chi connectivity index (χ0) is 19.4. The van der Waals surface area contributed by atoms with E-state index in [1.165, 1.54) is 23.1 Å². The summed E-state index contributed by atoms with van der Waals surface area (Å²) in [6.45, 7) is 3.64. The van der Waals surface area contributed by atoms with Gasteiger partial charge in [0.1, 0.15) is 0 Å². The Morgan fingerprint density at radius 2 is 1.81 bits per heavy atom. The molecule has 0 aliphatic heterocycles. The molecule has 0 aliphatic carbocycles. The van der Waals surface area contributed by atoms with Crippen molar-refractivity contribution in [1.82, 2.24) is 9.97 Å². The van der Waals surface area contributed by atoms with Crippen molar-refractivity contribution in [2.24, 2.45) is 5.73 Å². The largest absolute Gasteiger partial charge is 0.369 e. The zero-order valence-corrected chi connectivity index (χ0v) is 16.5. The zero-order valence-electron chi connectivity index (χ0n) is 14.9. The van der Waals surface area contributed by atoms with Crippen LogP contribution >= 0.6 is 23.1 Å². The molecule has 8 heteroatoms. The molecule has 2 aromatic heterocycles. The van der Waals surface area contributed by atoms with Crippen LogP contribution in [0.1, 0.15) is 21.7 Å². The van der Waals surface area contributed by atoms with Crippen molar-refractivity contribution in [3.8, 4) is 11.3 Å². The Hall–Kier alpha value is -2.71. The van der Waals surface area contributed by atoms with Gasteiger partial charge in [0, 0.05) is 5.56 Å². The molecule has 27 heavy (non-hydrogen) atoms. The highest BCUT2D eigenvalue weighted by Crippen LogP contribution is 2.32. The van der Waals surface area contributed by atoms with E-state index in [0.717, 1.165) is 21.2 Å². The second-order valence-corrected chi connectivity index (χ2v) is 8.04. The standard InChI is InChI=1S/C19H18N4O2S2/c1-11-14(8-9-15(21-11)13-6-4-3-5-7-13)17(25)23-19-22-12(2)18(27-19)26-10-16(20)24/h3-9H,10H2,1-2H3,(H2,20,24)(H,22,23,25). The van der Waals surface area contributed by atoms with E-state index in [0.29, 0.717) is 16.4 Å².